The highest BCUT2D eigenvalue weighted by Crippen LogP contribution is 2.26. The lowest BCUT2D eigenvalue weighted by Gasteiger charge is -2.19. The van der Waals surface area contributed by atoms with E-state index in [1.54, 1.807) is 6.07 Å². The minimum absolute atomic E-state index is 0.252. The Labute approximate surface area is 111 Å². The third-order valence-electron chi connectivity index (χ3n) is 3.52. The van der Waals surface area contributed by atoms with Crippen LogP contribution in [0.15, 0.2) is 22.7 Å². The van der Waals surface area contributed by atoms with E-state index in [2.05, 4.69) is 15.5 Å². The number of hydrogen-bond donors (Lipinski definition) is 1. The summed E-state index contributed by atoms with van der Waals surface area (Å²) >= 11 is 0. The number of nitrogens with zero attached hydrogens (tertiary/aromatic N) is 2. The van der Waals surface area contributed by atoms with Crippen LogP contribution in [0.4, 0.5) is 4.39 Å². The zero-order chi connectivity index (χ0) is 13.2. The minimum atomic E-state index is -0.252. The van der Waals surface area contributed by atoms with Gasteiger partial charge in [0.15, 0.2) is 5.82 Å². The van der Waals surface area contributed by atoms with Crippen LogP contribution < -0.4 is 5.32 Å². The molecule has 1 unspecified atom stereocenters. The van der Waals surface area contributed by atoms with Crippen molar-refractivity contribution >= 4 is 0 Å². The van der Waals surface area contributed by atoms with E-state index in [-0.39, 0.29) is 5.82 Å². The van der Waals surface area contributed by atoms with Gasteiger partial charge in [-0.2, -0.15) is 4.98 Å². The summed E-state index contributed by atoms with van der Waals surface area (Å²) in [5.74, 6) is 1.27. The summed E-state index contributed by atoms with van der Waals surface area (Å²) < 4.78 is 18.4. The molecular formula is C14H16FN3O. The van der Waals surface area contributed by atoms with Crippen LogP contribution in [0.2, 0.25) is 0 Å². The number of rotatable bonds is 2. The molecule has 1 aromatic heterocycles. The van der Waals surface area contributed by atoms with Gasteiger partial charge in [-0.15, -0.1) is 0 Å². The smallest absolute Gasteiger partial charge is 0.258 e. The molecule has 1 aliphatic heterocycles. The minimum Gasteiger partial charge on any atom is -0.334 e. The highest BCUT2D eigenvalue weighted by Gasteiger charge is 2.21. The molecule has 5 heteroatoms. The van der Waals surface area contributed by atoms with Crippen molar-refractivity contribution in [2.24, 2.45) is 0 Å². The van der Waals surface area contributed by atoms with E-state index in [0.29, 0.717) is 11.8 Å². The van der Waals surface area contributed by atoms with Crippen molar-refractivity contribution in [1.29, 1.82) is 0 Å². The van der Waals surface area contributed by atoms with E-state index >= 15 is 0 Å². The molecule has 1 aromatic carbocycles. The van der Waals surface area contributed by atoms with Crippen LogP contribution in [0.25, 0.3) is 11.5 Å². The van der Waals surface area contributed by atoms with Crippen LogP contribution in [0, 0.1) is 12.7 Å². The van der Waals surface area contributed by atoms with Crippen LogP contribution in [0.1, 0.15) is 30.1 Å². The molecular weight excluding hydrogens is 245 g/mol. The fourth-order valence-electron chi connectivity index (χ4n) is 2.45. The Morgan fingerprint density at radius 1 is 1.42 bits per heavy atom. The maximum Gasteiger partial charge on any atom is 0.258 e. The molecule has 0 radical (unpaired) electrons. The molecule has 1 saturated heterocycles. The fourth-order valence-corrected chi connectivity index (χ4v) is 2.45. The molecule has 0 bridgehead atoms. The zero-order valence-electron chi connectivity index (χ0n) is 10.8. The van der Waals surface area contributed by atoms with Crippen molar-refractivity contribution in [1.82, 2.24) is 15.5 Å². The Morgan fingerprint density at radius 3 is 3.05 bits per heavy atom. The molecule has 2 heterocycles. The summed E-state index contributed by atoms with van der Waals surface area (Å²) in [6.45, 7) is 3.78. The first-order valence-corrected chi connectivity index (χ1v) is 6.55. The molecule has 2 aromatic rings. The first kappa shape index (κ1) is 12.3. The van der Waals surface area contributed by atoms with E-state index in [4.69, 9.17) is 4.52 Å². The number of nitrogens with one attached hydrogen (secondary N) is 1. The average Bonchev–Trinajstić information content (AvgIpc) is 2.89. The Morgan fingerprint density at radius 2 is 2.32 bits per heavy atom. The molecule has 100 valence electrons. The lowest BCUT2D eigenvalue weighted by atomic mass is 9.99. The molecule has 1 N–H and O–H groups in total. The van der Waals surface area contributed by atoms with Crippen LogP contribution >= 0.6 is 0 Å². The number of piperidine rings is 1. The van der Waals surface area contributed by atoms with Gasteiger partial charge in [0.2, 0.25) is 0 Å². The lowest BCUT2D eigenvalue weighted by molar-refractivity contribution is 0.393. The third kappa shape index (κ3) is 2.51. The topological polar surface area (TPSA) is 51.0 Å². The second-order valence-corrected chi connectivity index (χ2v) is 4.96. The molecule has 0 aliphatic carbocycles. The Bertz CT molecular complexity index is 576. The second-order valence-electron chi connectivity index (χ2n) is 4.96. The molecule has 1 atom stereocenters. The first-order valence-electron chi connectivity index (χ1n) is 6.55. The number of benzene rings is 1. The van der Waals surface area contributed by atoms with Crippen LogP contribution in [0.3, 0.4) is 0 Å². The van der Waals surface area contributed by atoms with Gasteiger partial charge in [0, 0.05) is 18.0 Å². The average molecular weight is 261 g/mol. The monoisotopic (exact) mass is 261 g/mol. The highest BCUT2D eigenvalue weighted by atomic mass is 19.1. The van der Waals surface area contributed by atoms with E-state index in [9.17, 15) is 4.39 Å². The van der Waals surface area contributed by atoms with Gasteiger partial charge in [-0.25, -0.2) is 4.39 Å². The predicted octanol–water partition coefficient (Wildman–Crippen LogP) is 2.65. The molecule has 4 nitrogen and oxygen atoms in total. The van der Waals surface area contributed by atoms with Crippen molar-refractivity contribution in [3.63, 3.8) is 0 Å². The largest absolute Gasteiger partial charge is 0.334 e. The fraction of sp³-hybridized carbons (Fsp3) is 0.429. The number of hydrogen-bond acceptors (Lipinski definition) is 4. The lowest BCUT2D eigenvalue weighted by Crippen LogP contribution is -2.28. The second kappa shape index (κ2) is 5.09. The van der Waals surface area contributed by atoms with Gasteiger partial charge in [0.05, 0.1) is 0 Å². The first-order chi connectivity index (χ1) is 9.24. The predicted molar refractivity (Wildman–Crippen MR) is 69.3 cm³/mol. The molecule has 1 aliphatic rings. The number of halogens is 1. The normalized spacial score (nSPS) is 19.6. The molecule has 1 fully saturated rings. The van der Waals surface area contributed by atoms with Crippen LogP contribution in [0.5, 0.6) is 0 Å². The summed E-state index contributed by atoms with van der Waals surface area (Å²) in [5, 5.41) is 7.39. The maximum absolute atomic E-state index is 13.1. The van der Waals surface area contributed by atoms with Crippen molar-refractivity contribution in [2.75, 3.05) is 13.1 Å². The van der Waals surface area contributed by atoms with Crippen LogP contribution in [-0.2, 0) is 0 Å². The Hall–Kier alpha value is -1.75. The zero-order valence-corrected chi connectivity index (χ0v) is 10.8. The summed E-state index contributed by atoms with van der Waals surface area (Å²) in [4.78, 5) is 4.45. The van der Waals surface area contributed by atoms with Gasteiger partial charge in [0.1, 0.15) is 5.82 Å². The van der Waals surface area contributed by atoms with E-state index < -0.39 is 0 Å². The summed E-state index contributed by atoms with van der Waals surface area (Å²) in [7, 11) is 0. The summed E-state index contributed by atoms with van der Waals surface area (Å²) in [6, 6.07) is 4.57. The van der Waals surface area contributed by atoms with E-state index in [1.165, 1.54) is 12.1 Å². The summed E-state index contributed by atoms with van der Waals surface area (Å²) in [6.07, 6.45) is 2.21. The SMILES string of the molecule is Cc1cc(F)ccc1-c1nc(C2CCCNC2)no1. The van der Waals surface area contributed by atoms with Gasteiger partial charge in [-0.05, 0) is 50.1 Å². The number of aryl methyl sites for hydroxylation is 1. The Kier molecular flexibility index (Phi) is 3.29. The van der Waals surface area contributed by atoms with Crippen molar-refractivity contribution in [2.45, 2.75) is 25.7 Å². The standard InChI is InChI=1S/C14H16FN3O/c1-9-7-11(15)4-5-12(9)14-17-13(18-19-14)10-3-2-6-16-8-10/h4-5,7,10,16H,2-3,6,8H2,1H3. The third-order valence-corrected chi connectivity index (χ3v) is 3.52. The van der Waals surface area contributed by atoms with Gasteiger partial charge in [0.25, 0.3) is 5.89 Å². The van der Waals surface area contributed by atoms with Gasteiger partial charge in [-0.1, -0.05) is 5.16 Å². The van der Waals surface area contributed by atoms with Crippen molar-refractivity contribution in [3.05, 3.63) is 35.4 Å². The van der Waals surface area contributed by atoms with Crippen LogP contribution in [-0.4, -0.2) is 23.2 Å². The van der Waals surface area contributed by atoms with E-state index in [1.807, 2.05) is 6.92 Å². The van der Waals surface area contributed by atoms with Gasteiger partial charge in [-0.3, -0.25) is 0 Å². The molecule has 0 spiro atoms. The summed E-state index contributed by atoms with van der Waals surface area (Å²) in [5.41, 5.74) is 1.60. The quantitative estimate of drug-likeness (QED) is 0.903. The number of aromatic nitrogens is 2. The van der Waals surface area contributed by atoms with Crippen molar-refractivity contribution in [3.8, 4) is 11.5 Å². The van der Waals surface area contributed by atoms with Gasteiger partial charge < -0.3 is 9.84 Å². The molecule has 19 heavy (non-hydrogen) atoms. The molecule has 3 rings (SSSR count). The maximum atomic E-state index is 13.1. The molecule has 0 amide bonds. The van der Waals surface area contributed by atoms with Gasteiger partial charge >= 0.3 is 0 Å². The highest BCUT2D eigenvalue weighted by molar-refractivity contribution is 5.57. The van der Waals surface area contributed by atoms with Crippen molar-refractivity contribution < 1.29 is 8.91 Å². The Balaban J connectivity index is 1.87. The molecule has 0 saturated carbocycles. The van der Waals surface area contributed by atoms with E-state index in [0.717, 1.165) is 42.9 Å².